The van der Waals surface area contributed by atoms with Gasteiger partial charge in [0.25, 0.3) is 0 Å². The molecule has 0 bridgehead atoms. The normalized spacial score (nSPS) is 12.7. The van der Waals surface area contributed by atoms with Gasteiger partial charge in [0, 0.05) is 9.35 Å². The van der Waals surface area contributed by atoms with Crippen molar-refractivity contribution in [2.45, 2.75) is 26.8 Å². The molecule has 1 atom stereocenters. The molecule has 1 N–H and O–H groups in total. The fourth-order valence-corrected chi connectivity index (χ4v) is 3.23. The topological polar surface area (TPSA) is 12.0 Å². The predicted octanol–water partition coefficient (Wildman–Crippen LogP) is 4.83. The number of rotatable bonds is 4. The highest BCUT2D eigenvalue weighted by Gasteiger charge is 2.16. The van der Waals surface area contributed by atoms with Crippen LogP contribution in [0.5, 0.6) is 0 Å². The Morgan fingerprint density at radius 3 is 2.61 bits per heavy atom. The fraction of sp³-hybridized carbons (Fsp3) is 0.333. The van der Waals surface area contributed by atoms with Crippen molar-refractivity contribution in [3.63, 3.8) is 0 Å². The molecule has 0 aliphatic rings. The van der Waals surface area contributed by atoms with Gasteiger partial charge >= 0.3 is 0 Å². The van der Waals surface area contributed by atoms with Crippen LogP contribution >= 0.6 is 27.3 Å². The first-order chi connectivity index (χ1) is 8.63. The van der Waals surface area contributed by atoms with Crippen LogP contribution < -0.4 is 5.32 Å². The zero-order valence-corrected chi connectivity index (χ0v) is 13.4. The molecule has 0 fully saturated rings. The standard InChI is InChI=1S/C15H18BrNS/c1-4-17-15(13-7-8-18-11(13)3)12-6-5-10(2)14(16)9-12/h5-9,15,17H,4H2,1-3H3. The highest BCUT2D eigenvalue weighted by Crippen LogP contribution is 2.30. The highest BCUT2D eigenvalue weighted by atomic mass is 79.9. The lowest BCUT2D eigenvalue weighted by molar-refractivity contribution is 0.629. The molecular weight excluding hydrogens is 306 g/mol. The molecule has 1 heterocycles. The molecule has 2 aromatic rings. The number of hydrogen-bond donors (Lipinski definition) is 1. The predicted molar refractivity (Wildman–Crippen MR) is 83.5 cm³/mol. The van der Waals surface area contributed by atoms with Gasteiger partial charge in [-0.1, -0.05) is 35.0 Å². The van der Waals surface area contributed by atoms with Crippen molar-refractivity contribution in [3.05, 3.63) is 55.7 Å². The maximum Gasteiger partial charge on any atom is 0.0587 e. The van der Waals surface area contributed by atoms with Crippen LogP contribution in [0.4, 0.5) is 0 Å². The minimum Gasteiger partial charge on any atom is -0.306 e. The molecule has 0 aliphatic carbocycles. The Morgan fingerprint density at radius 1 is 1.28 bits per heavy atom. The van der Waals surface area contributed by atoms with Crippen molar-refractivity contribution < 1.29 is 0 Å². The molecule has 1 unspecified atom stereocenters. The fourth-order valence-electron chi connectivity index (χ4n) is 2.09. The first-order valence-electron chi connectivity index (χ1n) is 6.17. The van der Waals surface area contributed by atoms with Gasteiger partial charge < -0.3 is 5.32 Å². The van der Waals surface area contributed by atoms with E-state index in [1.54, 1.807) is 0 Å². The van der Waals surface area contributed by atoms with E-state index in [1.165, 1.54) is 26.0 Å². The van der Waals surface area contributed by atoms with E-state index >= 15 is 0 Å². The molecule has 0 saturated heterocycles. The van der Waals surface area contributed by atoms with E-state index in [9.17, 15) is 0 Å². The maximum atomic E-state index is 3.62. The number of nitrogens with one attached hydrogen (secondary N) is 1. The first-order valence-corrected chi connectivity index (χ1v) is 7.84. The van der Waals surface area contributed by atoms with Gasteiger partial charge in [0.2, 0.25) is 0 Å². The summed E-state index contributed by atoms with van der Waals surface area (Å²) < 4.78 is 1.18. The summed E-state index contributed by atoms with van der Waals surface area (Å²) in [6.45, 7) is 7.42. The lowest BCUT2D eigenvalue weighted by Crippen LogP contribution is -2.22. The van der Waals surface area contributed by atoms with Gasteiger partial charge in [0.15, 0.2) is 0 Å². The second-order valence-electron chi connectivity index (χ2n) is 4.43. The molecular formula is C15H18BrNS. The Morgan fingerprint density at radius 2 is 2.06 bits per heavy atom. The van der Waals surface area contributed by atoms with Crippen LogP contribution in [-0.4, -0.2) is 6.54 Å². The smallest absolute Gasteiger partial charge is 0.0587 e. The van der Waals surface area contributed by atoms with Crippen LogP contribution in [-0.2, 0) is 0 Å². The van der Waals surface area contributed by atoms with E-state index in [2.05, 4.69) is 71.7 Å². The molecule has 0 spiro atoms. The van der Waals surface area contributed by atoms with Crippen molar-refractivity contribution in [1.82, 2.24) is 5.32 Å². The van der Waals surface area contributed by atoms with Crippen molar-refractivity contribution in [3.8, 4) is 0 Å². The van der Waals surface area contributed by atoms with Crippen LogP contribution in [0.15, 0.2) is 34.1 Å². The zero-order valence-electron chi connectivity index (χ0n) is 11.0. The monoisotopic (exact) mass is 323 g/mol. The van der Waals surface area contributed by atoms with Crippen LogP contribution in [0.25, 0.3) is 0 Å². The molecule has 18 heavy (non-hydrogen) atoms. The number of aryl methyl sites for hydroxylation is 2. The quantitative estimate of drug-likeness (QED) is 0.850. The summed E-state index contributed by atoms with van der Waals surface area (Å²) in [5.74, 6) is 0. The Labute approximate surface area is 121 Å². The molecule has 0 radical (unpaired) electrons. The molecule has 0 amide bonds. The Kier molecular flexibility index (Phi) is 4.60. The second kappa shape index (κ2) is 6.00. The summed E-state index contributed by atoms with van der Waals surface area (Å²) in [5.41, 5.74) is 3.98. The van der Waals surface area contributed by atoms with Gasteiger partial charge in [0.1, 0.15) is 0 Å². The summed E-state index contributed by atoms with van der Waals surface area (Å²) in [6.07, 6.45) is 0. The Bertz CT molecular complexity index is 533. The van der Waals surface area contributed by atoms with Crippen molar-refractivity contribution in [2.24, 2.45) is 0 Å². The molecule has 2 rings (SSSR count). The van der Waals surface area contributed by atoms with Gasteiger partial charge in [0.05, 0.1) is 6.04 Å². The number of halogens is 1. The van der Waals surface area contributed by atoms with Crippen LogP contribution in [0.3, 0.4) is 0 Å². The summed E-state index contributed by atoms with van der Waals surface area (Å²) in [7, 11) is 0. The van der Waals surface area contributed by atoms with E-state index < -0.39 is 0 Å². The third-order valence-electron chi connectivity index (χ3n) is 3.15. The van der Waals surface area contributed by atoms with Crippen molar-refractivity contribution in [2.75, 3.05) is 6.54 Å². The lowest BCUT2D eigenvalue weighted by atomic mass is 9.98. The van der Waals surface area contributed by atoms with Crippen LogP contribution in [0.1, 0.15) is 34.5 Å². The average molecular weight is 324 g/mol. The highest BCUT2D eigenvalue weighted by molar-refractivity contribution is 9.10. The number of thiophene rings is 1. The molecule has 1 aromatic carbocycles. The van der Waals surface area contributed by atoms with Crippen molar-refractivity contribution in [1.29, 1.82) is 0 Å². The third-order valence-corrected chi connectivity index (χ3v) is 4.86. The lowest BCUT2D eigenvalue weighted by Gasteiger charge is -2.19. The average Bonchev–Trinajstić information content (AvgIpc) is 2.76. The maximum absolute atomic E-state index is 3.62. The van der Waals surface area contributed by atoms with E-state index in [-0.39, 0.29) is 6.04 Å². The summed E-state index contributed by atoms with van der Waals surface area (Å²) in [6, 6.07) is 9.12. The minimum atomic E-state index is 0.290. The number of benzene rings is 1. The largest absolute Gasteiger partial charge is 0.306 e. The van der Waals surface area contributed by atoms with Crippen molar-refractivity contribution >= 4 is 27.3 Å². The Balaban J connectivity index is 2.41. The van der Waals surface area contributed by atoms with E-state index in [0.717, 1.165) is 6.54 Å². The zero-order chi connectivity index (χ0) is 13.1. The molecule has 1 nitrogen and oxygen atoms in total. The van der Waals surface area contributed by atoms with Gasteiger partial charge in [-0.15, -0.1) is 11.3 Å². The first kappa shape index (κ1) is 13.8. The summed E-state index contributed by atoms with van der Waals surface area (Å²) in [4.78, 5) is 1.39. The summed E-state index contributed by atoms with van der Waals surface area (Å²) >= 11 is 5.43. The van der Waals surface area contributed by atoms with Gasteiger partial charge in [-0.2, -0.15) is 0 Å². The molecule has 0 aliphatic heterocycles. The second-order valence-corrected chi connectivity index (χ2v) is 6.41. The Hall–Kier alpha value is -0.640. The van der Waals surface area contributed by atoms with Gasteiger partial charge in [-0.25, -0.2) is 0 Å². The van der Waals surface area contributed by atoms with E-state index in [0.29, 0.717) is 0 Å². The van der Waals surface area contributed by atoms with Crippen LogP contribution in [0.2, 0.25) is 0 Å². The van der Waals surface area contributed by atoms with Crippen LogP contribution in [0, 0.1) is 13.8 Å². The van der Waals surface area contributed by atoms with E-state index in [4.69, 9.17) is 0 Å². The summed E-state index contributed by atoms with van der Waals surface area (Å²) in [5, 5.41) is 5.74. The molecule has 3 heteroatoms. The number of hydrogen-bond acceptors (Lipinski definition) is 2. The molecule has 96 valence electrons. The molecule has 1 aromatic heterocycles. The van der Waals surface area contributed by atoms with E-state index in [1.807, 2.05) is 11.3 Å². The minimum absolute atomic E-state index is 0.290. The SMILES string of the molecule is CCNC(c1ccc(C)c(Br)c1)c1ccsc1C. The van der Waals surface area contributed by atoms with Gasteiger partial charge in [-0.05, 0) is 54.6 Å². The molecule has 0 saturated carbocycles. The third kappa shape index (κ3) is 2.85. The van der Waals surface area contributed by atoms with Gasteiger partial charge in [-0.3, -0.25) is 0 Å².